The van der Waals surface area contributed by atoms with Crippen molar-refractivity contribution in [3.05, 3.63) is 103 Å². The van der Waals surface area contributed by atoms with Crippen LogP contribution in [0, 0.1) is 10.1 Å². The first-order valence-electron chi connectivity index (χ1n) is 8.82. The topological polar surface area (TPSA) is 95.7 Å². The molecule has 0 bridgehead atoms. The van der Waals surface area contributed by atoms with Gasteiger partial charge in [0, 0.05) is 28.2 Å². The number of ether oxygens (including phenoxy) is 2. The minimum atomic E-state index is -0.781. The molecule has 1 aliphatic rings. The maximum absolute atomic E-state index is 12.6. The summed E-state index contributed by atoms with van der Waals surface area (Å²) in [5.41, 5.74) is 0.642. The SMILES string of the molecule is O=C(Oc1ccc2c(c1)OC(=Cc1ccc(Cl)cc1Cl)C2=O)c1cccc([N+](=O)[O-])c1. The number of carbonyl (C=O) groups is 2. The van der Waals surface area contributed by atoms with E-state index in [2.05, 4.69) is 0 Å². The van der Waals surface area contributed by atoms with E-state index in [0.717, 1.165) is 6.07 Å². The van der Waals surface area contributed by atoms with Gasteiger partial charge in [0.05, 0.1) is 16.1 Å². The van der Waals surface area contributed by atoms with E-state index >= 15 is 0 Å². The largest absolute Gasteiger partial charge is 0.452 e. The molecule has 0 radical (unpaired) electrons. The molecule has 0 N–H and O–H groups in total. The second kappa shape index (κ2) is 8.22. The first-order valence-corrected chi connectivity index (χ1v) is 9.57. The summed E-state index contributed by atoms with van der Waals surface area (Å²) in [7, 11) is 0. The summed E-state index contributed by atoms with van der Waals surface area (Å²) in [5, 5.41) is 11.7. The number of carbonyl (C=O) groups excluding carboxylic acids is 2. The molecule has 9 heteroatoms. The number of fused-ring (bicyclic) bond motifs is 1. The highest BCUT2D eigenvalue weighted by Crippen LogP contribution is 2.36. The lowest BCUT2D eigenvalue weighted by atomic mass is 10.1. The number of non-ortho nitro benzene ring substituents is 1. The third-order valence-corrected chi connectivity index (χ3v) is 4.96. The smallest absolute Gasteiger partial charge is 0.343 e. The molecule has 0 fully saturated rings. The molecule has 31 heavy (non-hydrogen) atoms. The van der Waals surface area contributed by atoms with E-state index in [1.807, 2.05) is 0 Å². The number of nitro groups is 1. The van der Waals surface area contributed by atoms with Gasteiger partial charge in [-0.25, -0.2) is 4.79 Å². The number of hydrogen-bond acceptors (Lipinski definition) is 6. The number of halogens is 2. The van der Waals surface area contributed by atoms with E-state index in [0.29, 0.717) is 21.2 Å². The Morgan fingerprint density at radius 3 is 2.61 bits per heavy atom. The van der Waals surface area contributed by atoms with Gasteiger partial charge in [-0.3, -0.25) is 14.9 Å². The van der Waals surface area contributed by atoms with Crippen molar-refractivity contribution in [1.29, 1.82) is 0 Å². The van der Waals surface area contributed by atoms with Crippen LogP contribution in [0.25, 0.3) is 6.08 Å². The van der Waals surface area contributed by atoms with Crippen LogP contribution in [-0.4, -0.2) is 16.7 Å². The van der Waals surface area contributed by atoms with Crippen LogP contribution in [0.2, 0.25) is 10.0 Å². The zero-order valence-electron chi connectivity index (χ0n) is 15.5. The number of ketones is 1. The molecule has 154 valence electrons. The average Bonchev–Trinajstić information content (AvgIpc) is 3.05. The predicted octanol–water partition coefficient (Wildman–Crippen LogP) is 5.74. The van der Waals surface area contributed by atoms with Crippen LogP contribution in [0.3, 0.4) is 0 Å². The van der Waals surface area contributed by atoms with Crippen LogP contribution in [0.1, 0.15) is 26.3 Å². The zero-order valence-corrected chi connectivity index (χ0v) is 17.0. The van der Waals surface area contributed by atoms with Crippen molar-refractivity contribution in [3.8, 4) is 11.5 Å². The van der Waals surface area contributed by atoms with E-state index in [1.54, 1.807) is 18.2 Å². The van der Waals surface area contributed by atoms with Gasteiger partial charge >= 0.3 is 5.97 Å². The summed E-state index contributed by atoms with van der Waals surface area (Å²) in [6, 6.07) is 14.3. The standard InChI is InChI=1S/C22H11Cl2NO6/c23-14-5-4-12(18(24)10-14)9-20-21(26)17-7-6-16(11-19(17)31-20)30-22(27)13-2-1-3-15(8-13)25(28)29/h1-11H. The summed E-state index contributed by atoms with van der Waals surface area (Å²) in [6.07, 6.45) is 1.50. The fourth-order valence-electron chi connectivity index (χ4n) is 2.90. The fraction of sp³-hybridized carbons (Fsp3) is 0. The minimum absolute atomic E-state index is 0.0182. The second-order valence-corrected chi connectivity index (χ2v) is 7.30. The summed E-state index contributed by atoms with van der Waals surface area (Å²) >= 11 is 12.0. The number of esters is 1. The molecule has 1 heterocycles. The van der Waals surface area contributed by atoms with Crippen molar-refractivity contribution < 1.29 is 24.0 Å². The van der Waals surface area contributed by atoms with Crippen molar-refractivity contribution >= 4 is 46.7 Å². The van der Waals surface area contributed by atoms with Gasteiger partial charge < -0.3 is 9.47 Å². The maximum Gasteiger partial charge on any atom is 0.343 e. The Labute approximate surface area is 185 Å². The maximum atomic E-state index is 12.6. The highest BCUT2D eigenvalue weighted by Gasteiger charge is 2.28. The Morgan fingerprint density at radius 2 is 1.87 bits per heavy atom. The van der Waals surface area contributed by atoms with E-state index in [1.165, 1.54) is 42.5 Å². The molecule has 3 aromatic carbocycles. The van der Waals surface area contributed by atoms with E-state index < -0.39 is 10.9 Å². The first-order chi connectivity index (χ1) is 14.8. The van der Waals surface area contributed by atoms with Crippen molar-refractivity contribution in [1.82, 2.24) is 0 Å². The number of rotatable bonds is 4. The minimum Gasteiger partial charge on any atom is -0.452 e. The Morgan fingerprint density at radius 1 is 1.06 bits per heavy atom. The van der Waals surface area contributed by atoms with Gasteiger partial charge in [0.1, 0.15) is 11.5 Å². The fourth-order valence-corrected chi connectivity index (χ4v) is 3.37. The van der Waals surface area contributed by atoms with Crippen LogP contribution in [0.4, 0.5) is 5.69 Å². The molecule has 4 rings (SSSR count). The van der Waals surface area contributed by atoms with Crippen LogP contribution in [0.15, 0.2) is 66.4 Å². The molecule has 0 saturated heterocycles. The first kappa shape index (κ1) is 20.6. The van der Waals surface area contributed by atoms with Gasteiger partial charge in [-0.15, -0.1) is 0 Å². The molecule has 7 nitrogen and oxygen atoms in total. The van der Waals surface area contributed by atoms with Crippen molar-refractivity contribution in [2.24, 2.45) is 0 Å². The summed E-state index contributed by atoms with van der Waals surface area (Å²) in [6.45, 7) is 0. The normalized spacial score (nSPS) is 13.6. The number of Topliss-reactive ketones (excluding diaryl/α,β-unsaturated/α-hetero) is 1. The lowest BCUT2D eigenvalue weighted by molar-refractivity contribution is -0.384. The van der Waals surface area contributed by atoms with Crippen molar-refractivity contribution in [2.75, 3.05) is 0 Å². The van der Waals surface area contributed by atoms with Gasteiger partial charge in [0.2, 0.25) is 5.78 Å². The number of hydrogen-bond donors (Lipinski definition) is 0. The predicted molar refractivity (Wildman–Crippen MR) is 114 cm³/mol. The van der Waals surface area contributed by atoms with Crippen LogP contribution < -0.4 is 9.47 Å². The van der Waals surface area contributed by atoms with Gasteiger partial charge in [-0.2, -0.15) is 0 Å². The molecule has 1 aliphatic heterocycles. The number of allylic oxidation sites excluding steroid dienone is 1. The lowest BCUT2D eigenvalue weighted by Gasteiger charge is -2.06. The number of nitro benzene ring substituents is 1. The lowest BCUT2D eigenvalue weighted by Crippen LogP contribution is -2.08. The van der Waals surface area contributed by atoms with Crippen LogP contribution in [-0.2, 0) is 0 Å². The van der Waals surface area contributed by atoms with Crippen LogP contribution >= 0.6 is 23.2 Å². The Hall–Kier alpha value is -3.68. The van der Waals surface area contributed by atoms with Crippen molar-refractivity contribution in [2.45, 2.75) is 0 Å². The monoisotopic (exact) mass is 455 g/mol. The number of benzene rings is 3. The highest BCUT2D eigenvalue weighted by atomic mass is 35.5. The molecular formula is C22H11Cl2NO6. The van der Waals surface area contributed by atoms with E-state index in [4.69, 9.17) is 32.7 Å². The summed E-state index contributed by atoms with van der Waals surface area (Å²) < 4.78 is 10.9. The van der Waals surface area contributed by atoms with Crippen LogP contribution in [0.5, 0.6) is 11.5 Å². The molecular weight excluding hydrogens is 445 g/mol. The molecule has 0 unspecified atom stereocenters. The molecule has 0 spiro atoms. The molecule has 3 aromatic rings. The molecule has 0 atom stereocenters. The van der Waals surface area contributed by atoms with Gasteiger partial charge in [-0.05, 0) is 42.0 Å². The molecule has 0 aromatic heterocycles. The van der Waals surface area contributed by atoms with E-state index in [-0.39, 0.29) is 34.3 Å². The van der Waals surface area contributed by atoms with Gasteiger partial charge in [0.15, 0.2) is 5.76 Å². The average molecular weight is 456 g/mol. The summed E-state index contributed by atoms with van der Waals surface area (Å²) in [5.74, 6) is -0.741. The Balaban J connectivity index is 1.56. The third-order valence-electron chi connectivity index (χ3n) is 4.39. The summed E-state index contributed by atoms with van der Waals surface area (Å²) in [4.78, 5) is 35.2. The molecule has 0 aliphatic carbocycles. The van der Waals surface area contributed by atoms with E-state index in [9.17, 15) is 19.7 Å². The number of nitrogens with zero attached hydrogens (tertiary/aromatic N) is 1. The molecule has 0 saturated carbocycles. The van der Waals surface area contributed by atoms with Gasteiger partial charge in [-0.1, -0.05) is 35.3 Å². The Kier molecular flexibility index (Phi) is 5.46. The second-order valence-electron chi connectivity index (χ2n) is 6.46. The quantitative estimate of drug-likeness (QED) is 0.163. The van der Waals surface area contributed by atoms with Crippen molar-refractivity contribution in [3.63, 3.8) is 0 Å². The zero-order chi connectivity index (χ0) is 22.1. The Bertz CT molecular complexity index is 1280. The highest BCUT2D eigenvalue weighted by molar-refractivity contribution is 6.35. The third kappa shape index (κ3) is 4.28. The molecule has 0 amide bonds. The van der Waals surface area contributed by atoms with Gasteiger partial charge in [0.25, 0.3) is 5.69 Å².